The van der Waals surface area contributed by atoms with Crippen molar-refractivity contribution in [2.45, 2.75) is 19.1 Å². The van der Waals surface area contributed by atoms with E-state index in [0.29, 0.717) is 0 Å². The van der Waals surface area contributed by atoms with Gasteiger partial charge in [-0.3, -0.25) is 4.79 Å². The zero-order valence-electron chi connectivity index (χ0n) is 11.5. The molecule has 0 unspecified atom stereocenters. The summed E-state index contributed by atoms with van der Waals surface area (Å²) in [6, 6.07) is 12.3. The molecular formula is C15H14BrNO4S. The molecule has 0 spiro atoms. The van der Waals surface area contributed by atoms with Crippen LogP contribution in [0.3, 0.4) is 0 Å². The van der Waals surface area contributed by atoms with Gasteiger partial charge in [0, 0.05) is 4.88 Å². The van der Waals surface area contributed by atoms with Gasteiger partial charge in [-0.1, -0.05) is 30.3 Å². The third kappa shape index (κ3) is 5.16. The number of nitrogens with one attached hydrogen (secondary N) is 1. The van der Waals surface area contributed by atoms with Gasteiger partial charge in [0.2, 0.25) is 0 Å². The highest BCUT2D eigenvalue weighted by molar-refractivity contribution is 9.11. The summed E-state index contributed by atoms with van der Waals surface area (Å²) in [7, 11) is 0. The Kier molecular flexibility index (Phi) is 5.97. The Labute approximate surface area is 140 Å². The largest absolute Gasteiger partial charge is 0.481 e. The van der Waals surface area contributed by atoms with Crippen LogP contribution in [0.4, 0.5) is 4.79 Å². The summed E-state index contributed by atoms with van der Waals surface area (Å²) in [4.78, 5) is 23.6. The predicted molar refractivity (Wildman–Crippen MR) is 86.8 cm³/mol. The molecule has 0 bridgehead atoms. The molecule has 1 amide bonds. The number of carbonyl (C=O) groups is 2. The van der Waals surface area contributed by atoms with Crippen LogP contribution in [-0.2, 0) is 16.1 Å². The normalized spacial score (nSPS) is 11.7. The quantitative estimate of drug-likeness (QED) is 0.791. The molecule has 1 aromatic carbocycles. The molecule has 0 aliphatic rings. The number of rotatable bonds is 6. The fourth-order valence-corrected chi connectivity index (χ4v) is 3.29. The number of carbonyl (C=O) groups excluding carboxylic acids is 1. The van der Waals surface area contributed by atoms with Gasteiger partial charge < -0.3 is 15.2 Å². The number of hydrogen-bond donors (Lipinski definition) is 2. The van der Waals surface area contributed by atoms with E-state index in [9.17, 15) is 9.59 Å². The molecule has 2 rings (SSSR count). The van der Waals surface area contributed by atoms with Crippen molar-refractivity contribution < 1.29 is 19.4 Å². The smallest absolute Gasteiger partial charge is 0.407 e. The van der Waals surface area contributed by atoms with Crippen LogP contribution < -0.4 is 5.32 Å². The summed E-state index contributed by atoms with van der Waals surface area (Å²) >= 11 is 4.70. The molecule has 0 radical (unpaired) electrons. The van der Waals surface area contributed by atoms with Gasteiger partial charge in [-0.05, 0) is 33.6 Å². The number of ether oxygens (including phenoxy) is 1. The molecule has 5 nitrogen and oxygen atoms in total. The number of alkyl carbamates (subject to hydrolysis) is 1. The van der Waals surface area contributed by atoms with Gasteiger partial charge in [0.1, 0.15) is 6.61 Å². The van der Waals surface area contributed by atoms with E-state index in [-0.39, 0.29) is 13.0 Å². The van der Waals surface area contributed by atoms with Crippen molar-refractivity contribution in [2.24, 2.45) is 0 Å². The summed E-state index contributed by atoms with van der Waals surface area (Å²) in [5, 5.41) is 11.6. The Morgan fingerprint density at radius 2 is 1.95 bits per heavy atom. The molecule has 2 aromatic rings. The van der Waals surface area contributed by atoms with Crippen LogP contribution in [0.2, 0.25) is 0 Å². The molecule has 0 aliphatic carbocycles. The number of thiophene rings is 1. The van der Waals surface area contributed by atoms with Crippen LogP contribution in [0.25, 0.3) is 0 Å². The van der Waals surface area contributed by atoms with Crippen molar-refractivity contribution in [3.63, 3.8) is 0 Å². The van der Waals surface area contributed by atoms with E-state index in [1.54, 1.807) is 6.07 Å². The zero-order valence-corrected chi connectivity index (χ0v) is 13.9. The topological polar surface area (TPSA) is 75.6 Å². The van der Waals surface area contributed by atoms with Crippen molar-refractivity contribution >= 4 is 39.3 Å². The highest BCUT2D eigenvalue weighted by Gasteiger charge is 2.20. The molecular weight excluding hydrogens is 370 g/mol. The van der Waals surface area contributed by atoms with Crippen LogP contribution in [0, 0.1) is 0 Å². The third-order valence-corrected chi connectivity index (χ3v) is 4.56. The van der Waals surface area contributed by atoms with E-state index in [0.717, 1.165) is 14.2 Å². The molecule has 1 aromatic heterocycles. The maximum absolute atomic E-state index is 11.9. The van der Waals surface area contributed by atoms with Crippen molar-refractivity contribution in [2.75, 3.05) is 0 Å². The van der Waals surface area contributed by atoms with Gasteiger partial charge in [0.05, 0.1) is 16.2 Å². The highest BCUT2D eigenvalue weighted by atomic mass is 79.9. The van der Waals surface area contributed by atoms with Crippen LogP contribution in [0.15, 0.2) is 46.3 Å². The van der Waals surface area contributed by atoms with E-state index in [4.69, 9.17) is 9.84 Å². The minimum atomic E-state index is -0.988. The monoisotopic (exact) mass is 383 g/mol. The lowest BCUT2D eigenvalue weighted by molar-refractivity contribution is -0.137. The molecule has 0 fully saturated rings. The SMILES string of the molecule is O=C(O)C[C@H](NC(=O)OCc1ccccc1)c1ccc(Br)s1. The summed E-state index contributed by atoms with van der Waals surface area (Å²) in [5.74, 6) is -0.988. The zero-order chi connectivity index (χ0) is 15.9. The summed E-state index contributed by atoms with van der Waals surface area (Å²) in [6.45, 7) is 0.139. The average Bonchev–Trinajstić information content (AvgIpc) is 2.92. The van der Waals surface area contributed by atoms with Crippen LogP contribution in [0.1, 0.15) is 22.9 Å². The first kappa shape index (κ1) is 16.5. The van der Waals surface area contributed by atoms with Crippen LogP contribution >= 0.6 is 27.3 Å². The third-order valence-electron chi connectivity index (χ3n) is 2.82. The second-order valence-electron chi connectivity index (χ2n) is 4.50. The van der Waals surface area contributed by atoms with Crippen LogP contribution in [-0.4, -0.2) is 17.2 Å². The lowest BCUT2D eigenvalue weighted by Crippen LogP contribution is -2.30. The van der Waals surface area contributed by atoms with Gasteiger partial charge >= 0.3 is 12.1 Å². The molecule has 7 heteroatoms. The van der Waals surface area contributed by atoms with Crippen LogP contribution in [0.5, 0.6) is 0 Å². The number of aliphatic carboxylic acids is 1. The van der Waals surface area contributed by atoms with E-state index in [2.05, 4.69) is 21.2 Å². The molecule has 116 valence electrons. The first-order valence-electron chi connectivity index (χ1n) is 6.49. The molecule has 0 aliphatic heterocycles. The number of benzene rings is 1. The number of carboxylic acid groups (broad SMARTS) is 1. The molecule has 1 heterocycles. The highest BCUT2D eigenvalue weighted by Crippen LogP contribution is 2.29. The number of carboxylic acids is 1. The maximum Gasteiger partial charge on any atom is 0.407 e. The standard InChI is InChI=1S/C15H14BrNO4S/c16-13-7-6-12(22-13)11(8-14(18)19)17-15(20)21-9-10-4-2-1-3-5-10/h1-7,11H,8-9H2,(H,17,20)(H,18,19)/t11-/m0/s1. The Balaban J connectivity index is 1.94. The number of amides is 1. The lowest BCUT2D eigenvalue weighted by atomic mass is 10.2. The van der Waals surface area contributed by atoms with Crippen molar-refractivity contribution in [1.82, 2.24) is 5.32 Å². The fraction of sp³-hybridized carbons (Fsp3) is 0.200. The first-order valence-corrected chi connectivity index (χ1v) is 8.10. The molecule has 2 N–H and O–H groups in total. The van der Waals surface area contributed by atoms with E-state index in [1.165, 1.54) is 11.3 Å². The van der Waals surface area contributed by atoms with Crippen molar-refractivity contribution in [3.05, 3.63) is 56.7 Å². The molecule has 1 atom stereocenters. The Hall–Kier alpha value is -1.86. The minimum Gasteiger partial charge on any atom is -0.481 e. The van der Waals surface area contributed by atoms with Crippen molar-refractivity contribution in [1.29, 1.82) is 0 Å². The van der Waals surface area contributed by atoms with Gasteiger partial charge in [0.15, 0.2) is 0 Å². The van der Waals surface area contributed by atoms with Gasteiger partial charge in [-0.15, -0.1) is 11.3 Å². The second-order valence-corrected chi connectivity index (χ2v) is 6.99. The summed E-state index contributed by atoms with van der Waals surface area (Å²) in [5.41, 5.74) is 0.867. The van der Waals surface area contributed by atoms with E-state index < -0.39 is 18.1 Å². The predicted octanol–water partition coefficient (Wildman–Crippen LogP) is 3.95. The van der Waals surface area contributed by atoms with Gasteiger partial charge in [-0.25, -0.2) is 4.79 Å². The second kappa shape index (κ2) is 7.95. The molecule has 0 saturated carbocycles. The summed E-state index contributed by atoms with van der Waals surface area (Å²) < 4.78 is 5.99. The fourth-order valence-electron chi connectivity index (χ4n) is 1.82. The van der Waals surface area contributed by atoms with E-state index in [1.807, 2.05) is 36.4 Å². The first-order chi connectivity index (χ1) is 10.5. The lowest BCUT2D eigenvalue weighted by Gasteiger charge is -2.15. The average molecular weight is 384 g/mol. The Morgan fingerprint density at radius 1 is 1.23 bits per heavy atom. The van der Waals surface area contributed by atoms with Gasteiger partial charge in [0.25, 0.3) is 0 Å². The summed E-state index contributed by atoms with van der Waals surface area (Å²) in [6.07, 6.45) is -0.840. The van der Waals surface area contributed by atoms with E-state index >= 15 is 0 Å². The number of hydrogen-bond acceptors (Lipinski definition) is 4. The molecule has 0 saturated heterocycles. The van der Waals surface area contributed by atoms with Crippen molar-refractivity contribution in [3.8, 4) is 0 Å². The minimum absolute atomic E-state index is 0.139. The van der Waals surface area contributed by atoms with Gasteiger partial charge in [-0.2, -0.15) is 0 Å². The Morgan fingerprint density at radius 3 is 2.55 bits per heavy atom. The number of halogens is 1. The maximum atomic E-state index is 11.9. The molecule has 22 heavy (non-hydrogen) atoms. The Bertz CT molecular complexity index is 644.